The molecule has 2 bridgehead atoms. The van der Waals surface area contributed by atoms with E-state index in [-0.39, 0.29) is 18.3 Å². The molecule has 4 rings (SSSR count). The summed E-state index contributed by atoms with van der Waals surface area (Å²) in [6.45, 7) is 1.06. The summed E-state index contributed by atoms with van der Waals surface area (Å²) in [4.78, 5) is 14.8. The van der Waals surface area contributed by atoms with Gasteiger partial charge in [-0.3, -0.25) is 4.79 Å². The van der Waals surface area contributed by atoms with E-state index in [2.05, 4.69) is 21.2 Å². The maximum absolute atomic E-state index is 12.9. The lowest BCUT2D eigenvalue weighted by Gasteiger charge is -2.35. The van der Waals surface area contributed by atoms with Gasteiger partial charge >= 0.3 is 0 Å². The van der Waals surface area contributed by atoms with E-state index < -0.39 is 0 Å². The molecule has 7 heteroatoms. The van der Waals surface area contributed by atoms with Crippen LogP contribution in [0.3, 0.4) is 0 Å². The first-order valence-electron chi connectivity index (χ1n) is 8.24. The van der Waals surface area contributed by atoms with Crippen LogP contribution in [0.25, 0.3) is 0 Å². The summed E-state index contributed by atoms with van der Waals surface area (Å²) in [6, 6.07) is 5.09. The van der Waals surface area contributed by atoms with Crippen molar-refractivity contribution in [2.45, 2.75) is 43.8 Å². The van der Waals surface area contributed by atoms with E-state index in [0.29, 0.717) is 48.4 Å². The molecule has 132 valence electrons. The molecule has 1 aromatic rings. The van der Waals surface area contributed by atoms with Crippen molar-refractivity contribution in [2.75, 3.05) is 20.3 Å². The van der Waals surface area contributed by atoms with E-state index in [4.69, 9.17) is 9.47 Å². The van der Waals surface area contributed by atoms with E-state index in [9.17, 15) is 4.79 Å². The third kappa shape index (κ3) is 3.24. The highest BCUT2D eigenvalue weighted by Crippen LogP contribution is 2.39. The normalized spacial score (nSPS) is 27.3. The van der Waals surface area contributed by atoms with Gasteiger partial charge in [0.15, 0.2) is 11.5 Å². The van der Waals surface area contributed by atoms with E-state index in [1.807, 2.05) is 18.0 Å². The quantitative estimate of drug-likeness (QED) is 0.804. The standard InChI is InChI=1S/C17H21BrN2O3.ClH/c1-20(13-8-11-2-3-12(9-13)19-11)17(21)10-6-14(18)16-15(7-10)22-4-5-23-16;/h6-7,11-13,19H,2-5,8-9H2,1H3;1H. The lowest BCUT2D eigenvalue weighted by Crippen LogP contribution is -2.48. The van der Waals surface area contributed by atoms with Crippen LogP contribution < -0.4 is 14.8 Å². The molecule has 2 fully saturated rings. The number of nitrogens with one attached hydrogen (secondary N) is 1. The van der Waals surface area contributed by atoms with Crippen molar-refractivity contribution in [3.8, 4) is 11.5 Å². The van der Waals surface area contributed by atoms with E-state index in [0.717, 1.165) is 17.3 Å². The van der Waals surface area contributed by atoms with Crippen LogP contribution in [0.15, 0.2) is 16.6 Å². The van der Waals surface area contributed by atoms with Gasteiger partial charge in [-0.2, -0.15) is 0 Å². The van der Waals surface area contributed by atoms with Gasteiger partial charge in [0, 0.05) is 30.7 Å². The first-order valence-corrected chi connectivity index (χ1v) is 9.03. The highest BCUT2D eigenvalue weighted by atomic mass is 79.9. The fraction of sp³-hybridized carbons (Fsp3) is 0.588. The van der Waals surface area contributed by atoms with E-state index in [1.165, 1.54) is 12.8 Å². The van der Waals surface area contributed by atoms with Crippen molar-refractivity contribution >= 4 is 34.2 Å². The smallest absolute Gasteiger partial charge is 0.254 e. The van der Waals surface area contributed by atoms with Crippen molar-refractivity contribution in [3.05, 3.63) is 22.2 Å². The Morgan fingerprint density at radius 3 is 2.58 bits per heavy atom. The number of carbonyl (C=O) groups is 1. The van der Waals surface area contributed by atoms with Gasteiger partial charge < -0.3 is 19.7 Å². The molecule has 2 atom stereocenters. The number of nitrogens with zero attached hydrogens (tertiary/aromatic N) is 1. The Bertz CT molecular complexity index is 631. The van der Waals surface area contributed by atoms with Crippen LogP contribution in [0.4, 0.5) is 0 Å². The Labute approximate surface area is 156 Å². The summed E-state index contributed by atoms with van der Waals surface area (Å²) < 4.78 is 12.0. The average Bonchev–Trinajstić information content (AvgIpc) is 2.91. The molecule has 0 radical (unpaired) electrons. The summed E-state index contributed by atoms with van der Waals surface area (Å²) >= 11 is 3.49. The van der Waals surface area contributed by atoms with Crippen molar-refractivity contribution in [1.29, 1.82) is 0 Å². The number of halogens is 2. The second-order valence-electron chi connectivity index (χ2n) is 6.66. The van der Waals surface area contributed by atoms with Crippen molar-refractivity contribution < 1.29 is 14.3 Å². The molecule has 3 aliphatic heterocycles. The highest BCUT2D eigenvalue weighted by Gasteiger charge is 2.36. The third-order valence-corrected chi connectivity index (χ3v) is 5.75. The number of hydrogen-bond acceptors (Lipinski definition) is 4. The Morgan fingerprint density at radius 1 is 1.21 bits per heavy atom. The predicted octanol–water partition coefficient (Wildman–Crippen LogP) is 3.00. The van der Waals surface area contributed by atoms with Gasteiger partial charge in [0.25, 0.3) is 5.91 Å². The van der Waals surface area contributed by atoms with Gasteiger partial charge in [-0.25, -0.2) is 0 Å². The lowest BCUT2D eigenvalue weighted by molar-refractivity contribution is 0.0680. The molecule has 24 heavy (non-hydrogen) atoms. The van der Waals surface area contributed by atoms with Crippen molar-refractivity contribution in [3.63, 3.8) is 0 Å². The zero-order valence-electron chi connectivity index (χ0n) is 13.6. The predicted molar refractivity (Wildman–Crippen MR) is 97.4 cm³/mol. The van der Waals surface area contributed by atoms with Crippen LogP contribution in [-0.4, -0.2) is 49.2 Å². The topological polar surface area (TPSA) is 50.8 Å². The molecular formula is C17H22BrClN2O3. The van der Waals surface area contributed by atoms with Crippen LogP contribution >= 0.6 is 28.3 Å². The minimum Gasteiger partial charge on any atom is -0.486 e. The Morgan fingerprint density at radius 2 is 1.88 bits per heavy atom. The number of benzene rings is 1. The minimum absolute atomic E-state index is 0. The van der Waals surface area contributed by atoms with Crippen LogP contribution in [0.1, 0.15) is 36.0 Å². The monoisotopic (exact) mass is 416 g/mol. The minimum atomic E-state index is 0. The summed E-state index contributed by atoms with van der Waals surface area (Å²) in [6.07, 6.45) is 4.56. The molecular weight excluding hydrogens is 396 g/mol. The SMILES string of the molecule is CN(C(=O)c1cc(Br)c2c(c1)OCCO2)C1CC2CCC(C1)N2.Cl. The van der Waals surface area contributed by atoms with Gasteiger partial charge in [-0.15, -0.1) is 12.4 Å². The number of piperidine rings is 1. The first kappa shape index (κ1) is 17.8. The zero-order chi connectivity index (χ0) is 16.0. The van der Waals surface area contributed by atoms with Gasteiger partial charge in [0.2, 0.25) is 0 Å². The summed E-state index contributed by atoms with van der Waals surface area (Å²) in [5.41, 5.74) is 0.648. The number of amides is 1. The number of carbonyl (C=O) groups excluding carboxylic acids is 1. The Hall–Kier alpha value is -0.980. The zero-order valence-corrected chi connectivity index (χ0v) is 16.0. The fourth-order valence-electron chi connectivity index (χ4n) is 3.95. The molecule has 0 spiro atoms. The number of hydrogen-bond donors (Lipinski definition) is 1. The maximum Gasteiger partial charge on any atom is 0.254 e. The number of rotatable bonds is 2. The van der Waals surface area contributed by atoms with Crippen LogP contribution in [0, 0.1) is 0 Å². The molecule has 1 amide bonds. The van der Waals surface area contributed by atoms with E-state index >= 15 is 0 Å². The summed E-state index contributed by atoms with van der Waals surface area (Å²) in [7, 11) is 1.92. The molecule has 2 unspecified atom stereocenters. The van der Waals surface area contributed by atoms with Crippen LogP contribution in [0.5, 0.6) is 11.5 Å². The summed E-state index contributed by atoms with van der Waals surface area (Å²) in [5, 5.41) is 3.62. The first-order chi connectivity index (χ1) is 11.1. The third-order valence-electron chi connectivity index (χ3n) is 5.16. The fourth-order valence-corrected chi connectivity index (χ4v) is 4.50. The molecule has 0 saturated carbocycles. The van der Waals surface area contributed by atoms with Crippen molar-refractivity contribution in [1.82, 2.24) is 10.2 Å². The molecule has 3 heterocycles. The van der Waals surface area contributed by atoms with Crippen LogP contribution in [-0.2, 0) is 0 Å². The Kier molecular flexibility index (Phi) is 5.27. The number of fused-ring (bicyclic) bond motifs is 3. The van der Waals surface area contributed by atoms with Gasteiger partial charge in [-0.05, 0) is 53.7 Å². The van der Waals surface area contributed by atoms with Gasteiger partial charge in [0.05, 0.1) is 4.47 Å². The lowest BCUT2D eigenvalue weighted by atomic mass is 9.98. The molecule has 5 nitrogen and oxygen atoms in total. The average molecular weight is 418 g/mol. The Balaban J connectivity index is 0.00000169. The number of ether oxygens (including phenoxy) is 2. The van der Waals surface area contributed by atoms with Gasteiger partial charge in [0.1, 0.15) is 13.2 Å². The second kappa shape index (κ2) is 7.10. The van der Waals surface area contributed by atoms with Gasteiger partial charge in [-0.1, -0.05) is 0 Å². The summed E-state index contributed by atoms with van der Waals surface area (Å²) in [5.74, 6) is 1.39. The largest absolute Gasteiger partial charge is 0.486 e. The van der Waals surface area contributed by atoms with Crippen molar-refractivity contribution in [2.24, 2.45) is 0 Å². The molecule has 0 aliphatic carbocycles. The molecule has 3 aliphatic rings. The molecule has 0 aromatic heterocycles. The maximum atomic E-state index is 12.9. The molecule has 2 saturated heterocycles. The van der Waals surface area contributed by atoms with E-state index in [1.54, 1.807) is 6.07 Å². The second-order valence-corrected chi connectivity index (χ2v) is 7.52. The molecule has 1 aromatic carbocycles. The molecule has 1 N–H and O–H groups in total. The van der Waals surface area contributed by atoms with Crippen LogP contribution in [0.2, 0.25) is 0 Å². The highest BCUT2D eigenvalue weighted by molar-refractivity contribution is 9.10.